The van der Waals surface area contributed by atoms with Crippen LogP contribution in [0.15, 0.2) is 18.2 Å². The Labute approximate surface area is 120 Å². The smallest absolute Gasteiger partial charge is 0.126 e. The first-order chi connectivity index (χ1) is 9.61. The zero-order valence-corrected chi connectivity index (χ0v) is 12.3. The molecule has 2 atom stereocenters. The molecule has 1 aromatic carbocycles. The molecule has 1 unspecified atom stereocenters. The molecular weight excluding hydrogens is 258 g/mol. The Morgan fingerprint density at radius 3 is 2.30 bits per heavy atom. The Kier molecular flexibility index (Phi) is 5.49. The van der Waals surface area contributed by atoms with E-state index in [1.54, 1.807) is 0 Å². The molecule has 1 saturated heterocycles. The van der Waals surface area contributed by atoms with E-state index in [1.807, 2.05) is 0 Å². The first kappa shape index (κ1) is 15.4. The van der Waals surface area contributed by atoms with Gasteiger partial charge in [-0.2, -0.15) is 0 Å². The minimum atomic E-state index is -0.483. The van der Waals surface area contributed by atoms with Crippen molar-refractivity contribution in [2.24, 2.45) is 5.92 Å². The summed E-state index contributed by atoms with van der Waals surface area (Å²) in [5.74, 6) is -0.577. The first-order valence-electron chi connectivity index (χ1n) is 7.52. The molecule has 1 aromatic rings. The van der Waals surface area contributed by atoms with Crippen molar-refractivity contribution in [3.05, 3.63) is 35.4 Å². The van der Waals surface area contributed by atoms with Gasteiger partial charge in [-0.3, -0.25) is 4.90 Å². The van der Waals surface area contributed by atoms with Crippen molar-refractivity contribution in [2.75, 3.05) is 26.2 Å². The third-order valence-corrected chi connectivity index (χ3v) is 4.05. The highest BCUT2D eigenvalue weighted by Crippen LogP contribution is 2.32. The van der Waals surface area contributed by atoms with Gasteiger partial charge in [-0.15, -0.1) is 0 Å². The summed E-state index contributed by atoms with van der Waals surface area (Å²) < 4.78 is 27.1. The van der Waals surface area contributed by atoms with Crippen LogP contribution in [0.4, 0.5) is 8.78 Å². The van der Waals surface area contributed by atoms with Gasteiger partial charge in [0.2, 0.25) is 0 Å². The van der Waals surface area contributed by atoms with E-state index in [0.717, 1.165) is 50.7 Å². The van der Waals surface area contributed by atoms with E-state index >= 15 is 0 Å². The molecule has 1 aliphatic heterocycles. The highest BCUT2D eigenvalue weighted by atomic mass is 19.1. The van der Waals surface area contributed by atoms with Crippen LogP contribution in [0.3, 0.4) is 0 Å². The summed E-state index contributed by atoms with van der Waals surface area (Å²) in [6.07, 6.45) is 2.15. The lowest BCUT2D eigenvalue weighted by molar-refractivity contribution is 0.125. The van der Waals surface area contributed by atoms with Crippen LogP contribution >= 0.6 is 0 Å². The van der Waals surface area contributed by atoms with Crippen LogP contribution in [-0.4, -0.2) is 31.1 Å². The summed E-state index contributed by atoms with van der Waals surface area (Å²) in [7, 11) is 0. The zero-order chi connectivity index (χ0) is 14.5. The maximum absolute atomic E-state index is 13.5. The van der Waals surface area contributed by atoms with Crippen molar-refractivity contribution in [1.29, 1.82) is 0 Å². The molecule has 0 aromatic heterocycles. The van der Waals surface area contributed by atoms with E-state index in [1.165, 1.54) is 12.1 Å². The number of hydrogen-bond donors (Lipinski definition) is 1. The van der Waals surface area contributed by atoms with Crippen molar-refractivity contribution < 1.29 is 8.78 Å². The maximum Gasteiger partial charge on any atom is 0.126 e. The van der Waals surface area contributed by atoms with Gasteiger partial charge >= 0.3 is 0 Å². The van der Waals surface area contributed by atoms with Crippen LogP contribution in [0.1, 0.15) is 38.3 Å². The quantitative estimate of drug-likeness (QED) is 0.891. The van der Waals surface area contributed by atoms with E-state index in [-0.39, 0.29) is 6.04 Å². The maximum atomic E-state index is 13.5. The lowest BCUT2D eigenvalue weighted by Crippen LogP contribution is -2.46. The Morgan fingerprint density at radius 2 is 1.75 bits per heavy atom. The lowest BCUT2D eigenvalue weighted by atomic mass is 9.89. The Hall–Kier alpha value is -1.00. The zero-order valence-electron chi connectivity index (χ0n) is 12.3. The van der Waals surface area contributed by atoms with E-state index in [9.17, 15) is 8.78 Å². The average molecular weight is 282 g/mol. The monoisotopic (exact) mass is 282 g/mol. The molecule has 0 radical (unpaired) electrons. The van der Waals surface area contributed by atoms with Gasteiger partial charge in [0.15, 0.2) is 0 Å². The fourth-order valence-electron chi connectivity index (χ4n) is 3.22. The fourth-order valence-corrected chi connectivity index (χ4v) is 3.22. The van der Waals surface area contributed by atoms with Crippen molar-refractivity contribution in [3.63, 3.8) is 0 Å². The topological polar surface area (TPSA) is 15.3 Å². The highest BCUT2D eigenvalue weighted by molar-refractivity contribution is 5.22. The third kappa shape index (κ3) is 3.76. The van der Waals surface area contributed by atoms with Crippen molar-refractivity contribution in [1.82, 2.24) is 10.2 Å². The summed E-state index contributed by atoms with van der Waals surface area (Å²) >= 11 is 0. The summed E-state index contributed by atoms with van der Waals surface area (Å²) in [4.78, 5) is 2.35. The second kappa shape index (κ2) is 7.14. The second-order valence-electron chi connectivity index (χ2n) is 5.70. The summed E-state index contributed by atoms with van der Waals surface area (Å²) in [5, 5.41) is 3.32. The third-order valence-electron chi connectivity index (χ3n) is 4.05. The number of hydrogen-bond acceptors (Lipinski definition) is 2. The predicted octanol–water partition coefficient (Wildman–Crippen LogP) is 3.35. The van der Waals surface area contributed by atoms with Gasteiger partial charge in [0.25, 0.3) is 0 Å². The molecule has 0 spiro atoms. The van der Waals surface area contributed by atoms with Crippen molar-refractivity contribution in [3.8, 4) is 0 Å². The molecule has 2 rings (SSSR count). The standard InChI is InChI=1S/C16H24F2N2/c1-3-4-12(2)16(20-7-5-19-6-8-20)13-9-14(17)11-15(18)10-13/h9-12,16,19H,3-8H2,1-2H3/t12?,16-/m0/s1. The van der Waals surface area contributed by atoms with Crippen LogP contribution in [0, 0.1) is 17.6 Å². The molecular formula is C16H24F2N2. The van der Waals surface area contributed by atoms with Gasteiger partial charge < -0.3 is 5.32 Å². The van der Waals surface area contributed by atoms with Crippen LogP contribution in [-0.2, 0) is 0 Å². The van der Waals surface area contributed by atoms with Gasteiger partial charge in [-0.05, 0) is 30.0 Å². The Balaban J connectivity index is 2.28. The first-order valence-corrected chi connectivity index (χ1v) is 7.52. The molecule has 1 aliphatic rings. The lowest BCUT2D eigenvalue weighted by Gasteiger charge is -2.38. The van der Waals surface area contributed by atoms with Crippen LogP contribution < -0.4 is 5.32 Å². The normalized spacial score (nSPS) is 19.8. The molecule has 0 amide bonds. The number of nitrogens with one attached hydrogen (secondary N) is 1. The van der Waals surface area contributed by atoms with Crippen molar-refractivity contribution in [2.45, 2.75) is 32.7 Å². The number of piperazine rings is 1. The molecule has 1 N–H and O–H groups in total. The van der Waals surface area contributed by atoms with Crippen LogP contribution in [0.25, 0.3) is 0 Å². The fraction of sp³-hybridized carbons (Fsp3) is 0.625. The van der Waals surface area contributed by atoms with Gasteiger partial charge in [0.05, 0.1) is 0 Å². The number of halogens is 2. The SMILES string of the molecule is CCCC(C)[C@@H](c1cc(F)cc(F)c1)N1CCNCC1. The Morgan fingerprint density at radius 1 is 1.15 bits per heavy atom. The summed E-state index contributed by atoms with van der Waals surface area (Å²) in [6, 6.07) is 4.02. The van der Waals surface area contributed by atoms with E-state index in [2.05, 4.69) is 24.1 Å². The Bertz CT molecular complexity index is 410. The van der Waals surface area contributed by atoms with E-state index < -0.39 is 11.6 Å². The summed E-state index contributed by atoms with van der Waals surface area (Å²) in [6.45, 7) is 8.06. The number of nitrogens with zero attached hydrogens (tertiary/aromatic N) is 1. The van der Waals surface area contributed by atoms with E-state index in [0.29, 0.717) is 5.92 Å². The number of benzene rings is 1. The number of rotatable bonds is 5. The molecule has 20 heavy (non-hydrogen) atoms. The predicted molar refractivity (Wildman–Crippen MR) is 77.6 cm³/mol. The van der Waals surface area contributed by atoms with Crippen LogP contribution in [0.2, 0.25) is 0 Å². The molecule has 112 valence electrons. The van der Waals surface area contributed by atoms with Gasteiger partial charge in [-0.25, -0.2) is 8.78 Å². The largest absolute Gasteiger partial charge is 0.314 e. The molecule has 2 nitrogen and oxygen atoms in total. The van der Waals surface area contributed by atoms with Gasteiger partial charge in [0, 0.05) is 38.3 Å². The molecule has 1 fully saturated rings. The second-order valence-corrected chi connectivity index (χ2v) is 5.70. The minimum Gasteiger partial charge on any atom is -0.314 e. The van der Waals surface area contributed by atoms with Crippen molar-refractivity contribution >= 4 is 0 Å². The average Bonchev–Trinajstić information content (AvgIpc) is 2.39. The molecule has 1 heterocycles. The minimum absolute atomic E-state index is 0.0993. The van der Waals surface area contributed by atoms with Gasteiger partial charge in [-0.1, -0.05) is 20.3 Å². The van der Waals surface area contributed by atoms with Crippen LogP contribution in [0.5, 0.6) is 0 Å². The molecule has 0 aliphatic carbocycles. The van der Waals surface area contributed by atoms with E-state index in [4.69, 9.17) is 0 Å². The summed E-state index contributed by atoms with van der Waals surface area (Å²) in [5.41, 5.74) is 0.769. The molecule has 4 heteroatoms. The molecule has 0 bridgehead atoms. The molecule has 0 saturated carbocycles. The highest BCUT2D eigenvalue weighted by Gasteiger charge is 2.27. The van der Waals surface area contributed by atoms with Gasteiger partial charge in [0.1, 0.15) is 11.6 Å².